The largest absolute Gasteiger partial charge is 0.394 e. The lowest BCUT2D eigenvalue weighted by Gasteiger charge is -2.17. The Balaban J connectivity index is 2.20. The van der Waals surface area contributed by atoms with Gasteiger partial charge in [-0.2, -0.15) is 4.98 Å². The zero-order valence-corrected chi connectivity index (χ0v) is 12.2. The van der Waals surface area contributed by atoms with Crippen LogP contribution < -0.4 is 11.0 Å². The molecule has 1 amide bonds. The second-order valence-electron chi connectivity index (χ2n) is 5.38. The zero-order chi connectivity index (χ0) is 16.4. The highest BCUT2D eigenvalue weighted by Gasteiger charge is 2.43. The maximum Gasteiger partial charge on any atom is 0.351 e. The standard InChI is InChI=1S/C13H19N3O6/c1-6(2)11(20)14-8-3-4-16(13(21)15-8)12-10(19)9(18)7(5-17)22-12/h3-4,6-7,9-10,12,17-19H,5H2,1-2H3,(H,14,15,20,21)/t7-,9-,10+,12-/m1/s1. The van der Waals surface area contributed by atoms with Crippen molar-refractivity contribution in [1.29, 1.82) is 0 Å². The molecule has 0 saturated carbocycles. The van der Waals surface area contributed by atoms with Crippen LogP contribution in [-0.4, -0.2) is 55.7 Å². The first-order chi connectivity index (χ1) is 10.3. The van der Waals surface area contributed by atoms with E-state index in [4.69, 9.17) is 9.84 Å². The number of hydrogen-bond acceptors (Lipinski definition) is 7. The average Bonchev–Trinajstić information content (AvgIpc) is 2.75. The molecule has 0 aromatic carbocycles. The summed E-state index contributed by atoms with van der Waals surface area (Å²) in [5, 5.41) is 31.1. The second-order valence-corrected chi connectivity index (χ2v) is 5.38. The van der Waals surface area contributed by atoms with Crippen LogP contribution in [0.25, 0.3) is 0 Å². The van der Waals surface area contributed by atoms with Crippen molar-refractivity contribution in [3.05, 3.63) is 22.7 Å². The van der Waals surface area contributed by atoms with E-state index in [1.165, 1.54) is 12.3 Å². The molecule has 1 aliphatic rings. The third kappa shape index (κ3) is 3.17. The minimum Gasteiger partial charge on any atom is -0.394 e. The molecule has 9 nitrogen and oxygen atoms in total. The van der Waals surface area contributed by atoms with E-state index in [0.29, 0.717) is 0 Å². The van der Waals surface area contributed by atoms with E-state index in [-0.39, 0.29) is 17.6 Å². The molecule has 4 N–H and O–H groups in total. The van der Waals surface area contributed by atoms with Gasteiger partial charge in [-0.3, -0.25) is 9.36 Å². The van der Waals surface area contributed by atoms with Crippen molar-refractivity contribution < 1.29 is 24.9 Å². The van der Waals surface area contributed by atoms with E-state index in [1.807, 2.05) is 0 Å². The Morgan fingerprint density at radius 2 is 2.14 bits per heavy atom. The summed E-state index contributed by atoms with van der Waals surface area (Å²) in [6, 6.07) is 1.39. The fourth-order valence-corrected chi connectivity index (χ4v) is 2.06. The predicted molar refractivity (Wildman–Crippen MR) is 75.0 cm³/mol. The van der Waals surface area contributed by atoms with Crippen molar-refractivity contribution in [3.63, 3.8) is 0 Å². The highest BCUT2D eigenvalue weighted by molar-refractivity contribution is 5.90. The topological polar surface area (TPSA) is 134 Å². The van der Waals surface area contributed by atoms with Crippen molar-refractivity contribution >= 4 is 11.7 Å². The molecule has 0 unspecified atom stereocenters. The molecule has 2 rings (SSSR count). The summed E-state index contributed by atoms with van der Waals surface area (Å²) in [4.78, 5) is 27.2. The maximum atomic E-state index is 12.0. The smallest absolute Gasteiger partial charge is 0.351 e. The maximum absolute atomic E-state index is 12.0. The van der Waals surface area contributed by atoms with Gasteiger partial charge >= 0.3 is 5.69 Å². The summed E-state index contributed by atoms with van der Waals surface area (Å²) < 4.78 is 6.24. The Hall–Kier alpha value is -1.81. The fourth-order valence-electron chi connectivity index (χ4n) is 2.06. The lowest BCUT2D eigenvalue weighted by Crippen LogP contribution is -2.36. The van der Waals surface area contributed by atoms with Gasteiger partial charge in [0.1, 0.15) is 24.1 Å². The highest BCUT2D eigenvalue weighted by Crippen LogP contribution is 2.28. The summed E-state index contributed by atoms with van der Waals surface area (Å²) in [6.07, 6.45) is -3.50. The number of carbonyl (C=O) groups excluding carboxylic acids is 1. The van der Waals surface area contributed by atoms with Crippen LogP contribution in [0.3, 0.4) is 0 Å². The minimum absolute atomic E-state index is 0.0895. The highest BCUT2D eigenvalue weighted by atomic mass is 16.6. The van der Waals surface area contributed by atoms with Crippen LogP contribution in [0.1, 0.15) is 20.1 Å². The summed E-state index contributed by atoms with van der Waals surface area (Å²) >= 11 is 0. The van der Waals surface area contributed by atoms with Crippen LogP contribution in [0.2, 0.25) is 0 Å². The van der Waals surface area contributed by atoms with Crippen molar-refractivity contribution in [3.8, 4) is 0 Å². The van der Waals surface area contributed by atoms with Gasteiger partial charge in [0, 0.05) is 12.1 Å². The number of hydrogen-bond donors (Lipinski definition) is 4. The molecule has 2 heterocycles. The Bertz CT molecular complexity index is 602. The number of ether oxygens (including phenoxy) is 1. The van der Waals surface area contributed by atoms with E-state index in [9.17, 15) is 19.8 Å². The third-order valence-corrected chi connectivity index (χ3v) is 3.40. The van der Waals surface area contributed by atoms with Crippen LogP contribution >= 0.6 is 0 Å². The number of aliphatic hydroxyl groups is 3. The number of amides is 1. The monoisotopic (exact) mass is 313 g/mol. The number of nitrogens with one attached hydrogen (secondary N) is 1. The molecule has 1 fully saturated rings. The molecule has 0 radical (unpaired) electrons. The lowest BCUT2D eigenvalue weighted by atomic mass is 10.1. The molecular formula is C13H19N3O6. The summed E-state index contributed by atoms with van der Waals surface area (Å²) in [7, 11) is 0. The molecule has 1 aromatic heterocycles. The van der Waals surface area contributed by atoms with Gasteiger partial charge in [-0.1, -0.05) is 13.8 Å². The van der Waals surface area contributed by atoms with Gasteiger partial charge in [0.2, 0.25) is 5.91 Å². The quantitative estimate of drug-likeness (QED) is 0.528. The fraction of sp³-hybridized carbons (Fsp3) is 0.615. The molecule has 1 saturated heterocycles. The van der Waals surface area contributed by atoms with Crippen molar-refractivity contribution in [2.24, 2.45) is 5.92 Å². The van der Waals surface area contributed by atoms with E-state index in [0.717, 1.165) is 4.57 Å². The lowest BCUT2D eigenvalue weighted by molar-refractivity contribution is -0.118. The number of carbonyl (C=O) groups is 1. The summed E-state index contributed by atoms with van der Waals surface area (Å²) in [5.41, 5.74) is -0.753. The molecule has 9 heteroatoms. The predicted octanol–water partition coefficient (Wildman–Crippen LogP) is -1.55. The number of anilines is 1. The average molecular weight is 313 g/mol. The Labute approximate surface area is 126 Å². The van der Waals surface area contributed by atoms with Gasteiger partial charge in [0.05, 0.1) is 6.61 Å². The van der Waals surface area contributed by atoms with Gasteiger partial charge in [-0.05, 0) is 6.07 Å². The van der Waals surface area contributed by atoms with Gasteiger partial charge < -0.3 is 25.4 Å². The van der Waals surface area contributed by atoms with Gasteiger partial charge in [0.25, 0.3) is 0 Å². The minimum atomic E-state index is -1.37. The SMILES string of the molecule is CC(C)C(=O)Nc1ccn([C@@H]2O[C@H](CO)[C@@H](O)[C@@H]2O)c(=O)n1. The number of aliphatic hydroxyl groups excluding tert-OH is 3. The third-order valence-electron chi connectivity index (χ3n) is 3.40. The molecule has 122 valence electrons. The molecule has 22 heavy (non-hydrogen) atoms. The van der Waals surface area contributed by atoms with Crippen LogP contribution in [0.15, 0.2) is 17.1 Å². The van der Waals surface area contributed by atoms with E-state index in [2.05, 4.69) is 10.3 Å². The van der Waals surface area contributed by atoms with E-state index < -0.39 is 36.8 Å². The van der Waals surface area contributed by atoms with Crippen LogP contribution in [0.5, 0.6) is 0 Å². The number of aromatic nitrogens is 2. The summed E-state index contributed by atoms with van der Waals surface area (Å²) in [5.74, 6) is -0.450. The normalized spacial score (nSPS) is 28.1. The van der Waals surface area contributed by atoms with Crippen molar-refractivity contribution in [2.75, 3.05) is 11.9 Å². The van der Waals surface area contributed by atoms with Gasteiger partial charge in [-0.25, -0.2) is 4.79 Å². The van der Waals surface area contributed by atoms with Crippen LogP contribution in [0.4, 0.5) is 5.82 Å². The first-order valence-electron chi connectivity index (χ1n) is 6.87. The first kappa shape index (κ1) is 16.6. The first-order valence-corrected chi connectivity index (χ1v) is 6.87. The Morgan fingerprint density at radius 3 is 2.64 bits per heavy atom. The van der Waals surface area contributed by atoms with Crippen molar-refractivity contribution in [1.82, 2.24) is 9.55 Å². The Morgan fingerprint density at radius 1 is 1.45 bits per heavy atom. The molecule has 1 aliphatic heterocycles. The molecule has 1 aromatic rings. The van der Waals surface area contributed by atoms with E-state index in [1.54, 1.807) is 13.8 Å². The molecule has 0 aliphatic carbocycles. The van der Waals surface area contributed by atoms with E-state index >= 15 is 0 Å². The summed E-state index contributed by atoms with van der Waals surface area (Å²) in [6.45, 7) is 2.92. The Kier molecular flexibility index (Phi) is 4.91. The zero-order valence-electron chi connectivity index (χ0n) is 12.2. The van der Waals surface area contributed by atoms with Crippen LogP contribution in [0, 0.1) is 5.92 Å². The molecule has 0 bridgehead atoms. The molecular weight excluding hydrogens is 294 g/mol. The van der Waals surface area contributed by atoms with Crippen LogP contribution in [-0.2, 0) is 9.53 Å². The van der Waals surface area contributed by atoms with Crippen molar-refractivity contribution in [2.45, 2.75) is 38.4 Å². The molecule has 4 atom stereocenters. The number of rotatable bonds is 4. The molecule has 0 spiro atoms. The number of nitrogens with zero attached hydrogens (tertiary/aromatic N) is 2. The van der Waals surface area contributed by atoms with Gasteiger partial charge in [-0.15, -0.1) is 0 Å². The van der Waals surface area contributed by atoms with Gasteiger partial charge in [0.15, 0.2) is 6.23 Å². The second kappa shape index (κ2) is 6.53.